The van der Waals surface area contributed by atoms with Crippen LogP contribution in [0.25, 0.3) is 11.1 Å². The van der Waals surface area contributed by atoms with Gasteiger partial charge in [0.05, 0.1) is 12.2 Å². The SMILES string of the molecule is C#CCCCOc1ccc(-c2ccc(C(=O)Oc3ccc(C[C@@H](F)CCCCCC)cc3)cc2)cc1. The van der Waals surface area contributed by atoms with E-state index in [2.05, 4.69) is 12.8 Å². The van der Waals surface area contributed by atoms with Gasteiger partial charge in [-0.15, -0.1) is 12.3 Å². The number of esters is 1. The van der Waals surface area contributed by atoms with E-state index >= 15 is 0 Å². The first-order valence-electron chi connectivity index (χ1n) is 12.8. The predicted molar refractivity (Wildman–Crippen MR) is 144 cm³/mol. The Hall–Kier alpha value is -3.58. The van der Waals surface area contributed by atoms with Crippen molar-refractivity contribution < 1.29 is 18.7 Å². The van der Waals surface area contributed by atoms with Crippen molar-refractivity contribution in [2.75, 3.05) is 6.61 Å². The maximum atomic E-state index is 14.2. The summed E-state index contributed by atoms with van der Waals surface area (Å²) in [7, 11) is 0. The van der Waals surface area contributed by atoms with Gasteiger partial charge < -0.3 is 9.47 Å². The number of halogens is 1. The monoisotopic (exact) mass is 486 g/mol. The van der Waals surface area contributed by atoms with Crippen LogP contribution in [0.2, 0.25) is 0 Å². The third-order valence-corrected chi connectivity index (χ3v) is 6.00. The Labute approximate surface area is 214 Å². The van der Waals surface area contributed by atoms with Crippen LogP contribution in [0, 0.1) is 12.3 Å². The molecular formula is C32H35FO3. The number of terminal acetylenes is 1. The lowest BCUT2D eigenvalue weighted by atomic mass is 10.0. The molecule has 3 aromatic rings. The van der Waals surface area contributed by atoms with Gasteiger partial charge in [-0.25, -0.2) is 9.18 Å². The minimum absolute atomic E-state index is 0.390. The molecule has 36 heavy (non-hydrogen) atoms. The number of carbonyl (C=O) groups is 1. The first kappa shape index (κ1) is 27.0. The van der Waals surface area contributed by atoms with Crippen molar-refractivity contribution in [1.29, 1.82) is 0 Å². The van der Waals surface area contributed by atoms with E-state index in [0.717, 1.165) is 54.5 Å². The summed E-state index contributed by atoms with van der Waals surface area (Å²) in [6, 6.07) is 22.2. The number of carbonyl (C=O) groups excluding carboxylic acids is 1. The summed E-state index contributed by atoms with van der Waals surface area (Å²) < 4.78 is 25.4. The Bertz CT molecular complexity index is 1100. The third kappa shape index (κ3) is 8.89. The lowest BCUT2D eigenvalue weighted by molar-refractivity contribution is 0.0734. The van der Waals surface area contributed by atoms with Crippen molar-refractivity contribution in [3.05, 3.63) is 83.9 Å². The molecular weight excluding hydrogens is 451 g/mol. The molecule has 3 nitrogen and oxygen atoms in total. The van der Waals surface area contributed by atoms with Crippen LogP contribution < -0.4 is 9.47 Å². The van der Waals surface area contributed by atoms with Gasteiger partial charge in [0, 0.05) is 12.8 Å². The molecule has 3 rings (SSSR count). The molecule has 0 spiro atoms. The Kier molecular flexibility index (Phi) is 11.1. The van der Waals surface area contributed by atoms with Gasteiger partial charge in [0.25, 0.3) is 0 Å². The number of hydrogen-bond donors (Lipinski definition) is 0. The van der Waals surface area contributed by atoms with Crippen LogP contribution in [0.5, 0.6) is 11.5 Å². The lowest BCUT2D eigenvalue weighted by Crippen LogP contribution is -2.08. The number of rotatable bonds is 14. The first-order chi connectivity index (χ1) is 17.6. The average Bonchev–Trinajstić information content (AvgIpc) is 2.91. The maximum absolute atomic E-state index is 14.2. The second-order valence-electron chi connectivity index (χ2n) is 8.94. The molecule has 0 bridgehead atoms. The molecule has 0 N–H and O–H groups in total. The lowest BCUT2D eigenvalue weighted by Gasteiger charge is -2.10. The van der Waals surface area contributed by atoms with Gasteiger partial charge in [-0.1, -0.05) is 69.0 Å². The van der Waals surface area contributed by atoms with Crippen LogP contribution in [0.3, 0.4) is 0 Å². The number of ether oxygens (including phenoxy) is 2. The van der Waals surface area contributed by atoms with Crippen molar-refractivity contribution in [3.8, 4) is 35.0 Å². The smallest absolute Gasteiger partial charge is 0.343 e. The molecule has 0 heterocycles. The molecule has 3 aromatic carbocycles. The van der Waals surface area contributed by atoms with Gasteiger partial charge in [-0.2, -0.15) is 0 Å². The summed E-state index contributed by atoms with van der Waals surface area (Å²) in [4.78, 5) is 12.6. The van der Waals surface area contributed by atoms with E-state index in [1.807, 2.05) is 48.5 Å². The number of hydrogen-bond acceptors (Lipinski definition) is 3. The van der Waals surface area contributed by atoms with E-state index in [9.17, 15) is 9.18 Å². The Morgan fingerprint density at radius 2 is 1.50 bits per heavy atom. The minimum Gasteiger partial charge on any atom is -0.494 e. The molecule has 0 saturated carbocycles. The van der Waals surface area contributed by atoms with Crippen molar-refractivity contribution in [2.45, 2.75) is 64.5 Å². The molecule has 0 unspecified atom stereocenters. The van der Waals surface area contributed by atoms with Crippen molar-refractivity contribution in [3.63, 3.8) is 0 Å². The molecule has 0 amide bonds. The highest BCUT2D eigenvalue weighted by molar-refractivity contribution is 5.91. The molecule has 0 aliphatic rings. The van der Waals surface area contributed by atoms with Crippen molar-refractivity contribution >= 4 is 5.97 Å². The molecule has 0 fully saturated rings. The van der Waals surface area contributed by atoms with Crippen LogP contribution in [-0.2, 0) is 6.42 Å². The van der Waals surface area contributed by atoms with E-state index < -0.39 is 12.1 Å². The van der Waals surface area contributed by atoms with E-state index in [1.54, 1.807) is 24.3 Å². The van der Waals surface area contributed by atoms with Gasteiger partial charge in [-0.05, 0) is 65.9 Å². The van der Waals surface area contributed by atoms with E-state index in [-0.39, 0.29) is 0 Å². The number of benzene rings is 3. The Morgan fingerprint density at radius 1 is 0.861 bits per heavy atom. The highest BCUT2D eigenvalue weighted by Crippen LogP contribution is 2.24. The molecule has 0 aromatic heterocycles. The second kappa shape index (κ2) is 14.7. The predicted octanol–water partition coefficient (Wildman–Crippen LogP) is 8.22. The van der Waals surface area contributed by atoms with E-state index in [4.69, 9.17) is 15.9 Å². The summed E-state index contributed by atoms with van der Waals surface area (Å²) >= 11 is 0. The Balaban J connectivity index is 1.49. The van der Waals surface area contributed by atoms with Crippen molar-refractivity contribution in [1.82, 2.24) is 0 Å². The summed E-state index contributed by atoms with van der Waals surface area (Å²) in [5, 5.41) is 0. The van der Waals surface area contributed by atoms with Crippen molar-refractivity contribution in [2.24, 2.45) is 0 Å². The summed E-state index contributed by atoms with van der Waals surface area (Å²) in [5.74, 6) is 3.43. The van der Waals surface area contributed by atoms with E-state index in [0.29, 0.717) is 37.2 Å². The highest BCUT2D eigenvalue weighted by atomic mass is 19.1. The van der Waals surface area contributed by atoms with Crippen LogP contribution in [0.15, 0.2) is 72.8 Å². The van der Waals surface area contributed by atoms with E-state index in [1.165, 1.54) is 0 Å². The molecule has 4 heteroatoms. The van der Waals surface area contributed by atoms with Gasteiger partial charge in [0.15, 0.2) is 0 Å². The molecule has 0 aliphatic carbocycles. The molecule has 0 radical (unpaired) electrons. The molecule has 188 valence electrons. The molecule has 0 aliphatic heterocycles. The van der Waals surface area contributed by atoms with Gasteiger partial charge in [-0.3, -0.25) is 0 Å². The largest absolute Gasteiger partial charge is 0.494 e. The topological polar surface area (TPSA) is 35.5 Å². The third-order valence-electron chi connectivity index (χ3n) is 6.00. The minimum atomic E-state index is -0.837. The fraction of sp³-hybridized carbons (Fsp3) is 0.344. The van der Waals surface area contributed by atoms with Crippen LogP contribution in [0.1, 0.15) is 67.8 Å². The fourth-order valence-electron chi connectivity index (χ4n) is 3.92. The second-order valence-corrected chi connectivity index (χ2v) is 8.94. The normalized spacial score (nSPS) is 11.5. The standard InChI is InChI=1S/C32H35FO3/c1-3-5-7-8-10-29(33)24-25-11-19-31(20-12-25)36-32(34)28-15-13-26(14-16-28)27-17-21-30(22-18-27)35-23-9-6-4-2/h2,11-22,29H,3,5-10,23-24H2,1H3/t29-/m0/s1. The molecule has 0 saturated heterocycles. The highest BCUT2D eigenvalue weighted by Gasteiger charge is 2.11. The fourth-order valence-corrected chi connectivity index (χ4v) is 3.92. The van der Waals surface area contributed by atoms with Crippen LogP contribution in [-0.4, -0.2) is 18.7 Å². The Morgan fingerprint density at radius 3 is 2.14 bits per heavy atom. The van der Waals surface area contributed by atoms with Crippen LogP contribution >= 0.6 is 0 Å². The first-order valence-corrected chi connectivity index (χ1v) is 12.8. The van der Waals surface area contributed by atoms with Gasteiger partial charge in [0.2, 0.25) is 0 Å². The number of unbranched alkanes of at least 4 members (excludes halogenated alkanes) is 4. The molecule has 1 atom stereocenters. The van der Waals surface area contributed by atoms with Crippen LogP contribution in [0.4, 0.5) is 4.39 Å². The zero-order valence-corrected chi connectivity index (χ0v) is 21.0. The summed E-state index contributed by atoms with van der Waals surface area (Å²) in [5.41, 5.74) is 3.39. The summed E-state index contributed by atoms with van der Waals surface area (Å²) in [6.45, 7) is 2.75. The average molecular weight is 487 g/mol. The van der Waals surface area contributed by atoms with Gasteiger partial charge >= 0.3 is 5.97 Å². The quantitative estimate of drug-likeness (QED) is 0.0996. The van der Waals surface area contributed by atoms with Gasteiger partial charge in [0.1, 0.15) is 17.7 Å². The summed E-state index contributed by atoms with van der Waals surface area (Å²) in [6.07, 6.45) is 11.3. The zero-order chi connectivity index (χ0) is 25.6. The zero-order valence-electron chi connectivity index (χ0n) is 21.0. The maximum Gasteiger partial charge on any atom is 0.343 e. The number of alkyl halides is 1.